The zero-order chi connectivity index (χ0) is 50.1. The van der Waals surface area contributed by atoms with Crippen molar-refractivity contribution in [3.63, 3.8) is 0 Å². The van der Waals surface area contributed by atoms with Crippen molar-refractivity contribution in [1.29, 1.82) is 0 Å². The molecular formula is C51H71N7O10. The maximum Gasteiger partial charge on any atom is 0.408 e. The number of amides is 6. The number of alkyl carbamates (subject to hydrolysis) is 1. The first kappa shape index (κ1) is 54.3. The Balaban J connectivity index is 1.56. The Morgan fingerprint density at radius 3 is 1.97 bits per heavy atom. The number of ether oxygens (including phenoxy) is 2. The minimum absolute atomic E-state index is 0.00861. The maximum atomic E-state index is 14.3. The van der Waals surface area contributed by atoms with E-state index in [1.54, 1.807) is 45.6 Å². The molecule has 0 aliphatic carbocycles. The van der Waals surface area contributed by atoms with Gasteiger partial charge < -0.3 is 46.9 Å². The van der Waals surface area contributed by atoms with Crippen molar-refractivity contribution in [2.45, 2.75) is 135 Å². The van der Waals surface area contributed by atoms with Crippen molar-refractivity contribution in [2.75, 3.05) is 20.2 Å². The molecule has 6 amide bonds. The second kappa shape index (κ2) is 25.7. The number of aliphatic hydroxyl groups is 1. The monoisotopic (exact) mass is 942 g/mol. The van der Waals surface area contributed by atoms with E-state index in [1.165, 1.54) is 7.11 Å². The van der Waals surface area contributed by atoms with E-state index in [0.717, 1.165) is 16.7 Å². The number of nitrogens with one attached hydrogen (secondary N) is 5. The fourth-order valence-corrected chi connectivity index (χ4v) is 8.05. The van der Waals surface area contributed by atoms with Gasteiger partial charge in [0.1, 0.15) is 29.8 Å². The van der Waals surface area contributed by atoms with Crippen molar-refractivity contribution < 1.29 is 48.1 Å². The van der Waals surface area contributed by atoms with Gasteiger partial charge in [-0.2, -0.15) is 0 Å². The number of hydrogen-bond acceptors (Lipinski definition) is 11. The fourth-order valence-electron chi connectivity index (χ4n) is 8.05. The molecule has 1 aliphatic heterocycles. The van der Waals surface area contributed by atoms with Crippen molar-refractivity contribution in [3.05, 3.63) is 96.1 Å². The lowest BCUT2D eigenvalue weighted by atomic mass is 9.96. The van der Waals surface area contributed by atoms with Gasteiger partial charge in [0.05, 0.1) is 31.7 Å². The van der Waals surface area contributed by atoms with E-state index < -0.39 is 96.0 Å². The molecule has 370 valence electrons. The van der Waals surface area contributed by atoms with Gasteiger partial charge in [-0.25, -0.2) is 9.59 Å². The highest BCUT2D eigenvalue weighted by Gasteiger charge is 2.39. The van der Waals surface area contributed by atoms with Crippen LogP contribution in [0.5, 0.6) is 0 Å². The number of carbonyl (C=O) groups is 7. The Morgan fingerprint density at radius 1 is 0.750 bits per heavy atom. The molecule has 0 bridgehead atoms. The molecule has 68 heavy (non-hydrogen) atoms. The number of benzene rings is 3. The summed E-state index contributed by atoms with van der Waals surface area (Å²) in [5.41, 5.74) is 8.01. The average Bonchev–Trinajstić information content (AvgIpc) is 3.76. The van der Waals surface area contributed by atoms with E-state index in [4.69, 9.17) is 15.2 Å². The first-order chi connectivity index (χ1) is 32.2. The molecule has 0 saturated carbocycles. The maximum absolute atomic E-state index is 14.3. The third kappa shape index (κ3) is 16.8. The second-order valence-electron chi connectivity index (χ2n) is 18.9. The zero-order valence-corrected chi connectivity index (χ0v) is 40.6. The van der Waals surface area contributed by atoms with Gasteiger partial charge in [-0.3, -0.25) is 28.9 Å². The summed E-state index contributed by atoms with van der Waals surface area (Å²) in [5.74, 6) is -4.61. The van der Waals surface area contributed by atoms with Gasteiger partial charge in [-0.05, 0) is 80.7 Å². The Hall–Kier alpha value is -6.33. The van der Waals surface area contributed by atoms with Crippen molar-refractivity contribution in [1.82, 2.24) is 31.5 Å². The van der Waals surface area contributed by atoms with Gasteiger partial charge in [0.2, 0.25) is 29.5 Å². The molecule has 17 heteroatoms. The van der Waals surface area contributed by atoms with Gasteiger partial charge in [0.15, 0.2) is 0 Å². The third-order valence-corrected chi connectivity index (χ3v) is 11.9. The lowest BCUT2D eigenvalue weighted by molar-refractivity contribution is -0.147. The summed E-state index contributed by atoms with van der Waals surface area (Å²) in [4.78, 5) is 95.9. The minimum atomic E-state index is -1.52. The van der Waals surface area contributed by atoms with Crippen LogP contribution in [0.15, 0.2) is 84.9 Å². The highest BCUT2D eigenvalue weighted by atomic mass is 16.6. The quantitative estimate of drug-likeness (QED) is 0.0678. The molecule has 17 nitrogen and oxygen atoms in total. The molecule has 8 N–H and O–H groups in total. The smallest absolute Gasteiger partial charge is 0.408 e. The Bertz CT molecular complexity index is 2170. The summed E-state index contributed by atoms with van der Waals surface area (Å²) in [7, 11) is 1.24. The Kier molecular flexibility index (Phi) is 20.5. The molecule has 0 radical (unpaired) electrons. The lowest BCUT2D eigenvalue weighted by Gasteiger charge is -2.33. The normalized spacial score (nSPS) is 17.0. The number of methoxy groups -OCH3 is 1. The molecule has 0 aromatic heterocycles. The predicted molar refractivity (Wildman–Crippen MR) is 257 cm³/mol. The van der Waals surface area contributed by atoms with Crippen LogP contribution in [0.4, 0.5) is 4.79 Å². The highest BCUT2D eigenvalue weighted by Crippen LogP contribution is 2.23. The van der Waals surface area contributed by atoms with Crippen LogP contribution in [0, 0.1) is 11.8 Å². The van der Waals surface area contributed by atoms with Gasteiger partial charge in [0, 0.05) is 13.0 Å². The number of nitrogens with zero attached hydrogens (tertiary/aromatic N) is 1. The van der Waals surface area contributed by atoms with Crippen molar-refractivity contribution in [2.24, 2.45) is 17.6 Å². The summed E-state index contributed by atoms with van der Waals surface area (Å²) in [5, 5.41) is 25.7. The largest absolute Gasteiger partial charge is 0.467 e. The lowest BCUT2D eigenvalue weighted by Crippen LogP contribution is -2.59. The molecule has 1 fully saturated rings. The zero-order valence-electron chi connectivity index (χ0n) is 40.6. The van der Waals surface area contributed by atoms with E-state index in [2.05, 4.69) is 26.6 Å². The Morgan fingerprint density at radius 2 is 1.37 bits per heavy atom. The first-order valence-electron chi connectivity index (χ1n) is 23.4. The number of rotatable bonds is 23. The van der Waals surface area contributed by atoms with Crippen molar-refractivity contribution in [3.8, 4) is 11.1 Å². The van der Waals surface area contributed by atoms with Gasteiger partial charge in [0.25, 0.3) is 0 Å². The summed E-state index contributed by atoms with van der Waals surface area (Å²) in [6, 6.07) is 19.7. The van der Waals surface area contributed by atoms with Crippen LogP contribution in [-0.2, 0) is 51.1 Å². The van der Waals surface area contributed by atoms with Crippen LogP contribution < -0.4 is 32.3 Å². The van der Waals surface area contributed by atoms with E-state index in [1.807, 2.05) is 92.7 Å². The van der Waals surface area contributed by atoms with E-state index >= 15 is 0 Å². The number of hydrogen-bond donors (Lipinski definition) is 7. The van der Waals surface area contributed by atoms with Crippen molar-refractivity contribution >= 4 is 41.6 Å². The fraction of sp³-hybridized carbons (Fsp3) is 0.510. The minimum Gasteiger partial charge on any atom is -0.467 e. The Labute approximate surface area is 400 Å². The number of aliphatic hydroxyl groups excluding tert-OH is 1. The molecule has 0 spiro atoms. The number of esters is 1. The molecule has 1 saturated heterocycles. The van der Waals surface area contributed by atoms with Gasteiger partial charge >= 0.3 is 12.1 Å². The number of β-amino-alcohol motifs (C(OH)–C–C–N with tert-alkyl or cyclic N) is 1. The topological polar surface area (TPSA) is 248 Å². The number of carbonyl (C=O) groups excluding carboxylic acids is 7. The van der Waals surface area contributed by atoms with Crippen LogP contribution in [-0.4, -0.2) is 120 Å². The highest BCUT2D eigenvalue weighted by molar-refractivity contribution is 5.95. The van der Waals surface area contributed by atoms with E-state index in [0.29, 0.717) is 31.4 Å². The number of primary amides is 1. The van der Waals surface area contributed by atoms with Crippen LogP contribution in [0.1, 0.15) is 85.3 Å². The van der Waals surface area contributed by atoms with E-state index in [9.17, 15) is 38.7 Å². The summed E-state index contributed by atoms with van der Waals surface area (Å²) in [6.07, 6.45) is -1.04. The predicted octanol–water partition coefficient (Wildman–Crippen LogP) is 3.55. The average molecular weight is 942 g/mol. The molecule has 4 rings (SSSR count). The number of likely N-dealkylation sites (tertiary alicyclic amines) is 1. The molecule has 8 atom stereocenters. The number of nitrogens with two attached hydrogens (primary N) is 1. The van der Waals surface area contributed by atoms with Crippen LogP contribution >= 0.6 is 0 Å². The van der Waals surface area contributed by atoms with Crippen LogP contribution in [0.2, 0.25) is 0 Å². The summed E-state index contributed by atoms with van der Waals surface area (Å²) in [6.45, 7) is 12.7. The summed E-state index contributed by atoms with van der Waals surface area (Å²) >= 11 is 0. The van der Waals surface area contributed by atoms with Gasteiger partial charge in [-0.15, -0.1) is 0 Å². The molecule has 3 aromatic carbocycles. The summed E-state index contributed by atoms with van der Waals surface area (Å²) < 4.78 is 10.4. The molecule has 7 unspecified atom stereocenters. The molecule has 1 aliphatic rings. The standard InChI is InChI=1S/C51H71N7O10/c1-9-32(4)44(48(64)56-43(31(2)3)49(65)67-8)57-47(63)40-24-17-25-58(40)30-41(59)37(27-33-18-12-10-13-19-33)53-46(62)39(29-42(52)60)54-45(61)38(55-50(66)68-51(5,6)7)28-34-20-16-23-36(26-34)35-21-14-11-15-22-35/h10-16,18-23,26,31-32,37-41,43-44,59H,9,17,24-25,27-30H2,1-8H3,(H2,52,60)(H,53,62)(H,54,61)(H,55,66)(H,56,64)(H,57,63)/t32?,37-,38?,39?,40?,41?,43?,44?/m0/s1. The van der Waals surface area contributed by atoms with Crippen LogP contribution in [0.3, 0.4) is 0 Å². The first-order valence-corrected chi connectivity index (χ1v) is 23.4. The third-order valence-electron chi connectivity index (χ3n) is 11.9. The SMILES string of the molecule is CCC(C)C(NC(=O)C1CCCN1CC(O)[C@H](Cc1ccccc1)NC(=O)C(CC(N)=O)NC(=O)C(Cc1cccc(-c2ccccc2)c1)NC(=O)OC(C)(C)C)C(=O)NC(C(=O)OC)C(C)C. The molecule has 1 heterocycles. The van der Waals surface area contributed by atoms with Gasteiger partial charge in [-0.1, -0.05) is 119 Å². The van der Waals surface area contributed by atoms with E-state index in [-0.39, 0.29) is 31.2 Å². The second-order valence-corrected chi connectivity index (χ2v) is 18.9. The van der Waals surface area contributed by atoms with Crippen LogP contribution in [0.25, 0.3) is 11.1 Å². The molecular weight excluding hydrogens is 871 g/mol. The molecule has 3 aromatic rings.